The number of ether oxygens (including phenoxy) is 2. The zero-order valence-corrected chi connectivity index (χ0v) is 15.5. The van der Waals surface area contributed by atoms with E-state index in [4.69, 9.17) is 14.5 Å². The summed E-state index contributed by atoms with van der Waals surface area (Å²) in [5.41, 5.74) is 0. The van der Waals surface area contributed by atoms with Crippen LogP contribution in [0.5, 0.6) is 0 Å². The molecule has 3 aliphatic rings. The SMILES string of the molecule is CCNC(=NCC1CN(CC(C)C)CCO1)NC1CC2CCC1O2. The monoisotopic (exact) mass is 338 g/mol. The second-order valence-corrected chi connectivity index (χ2v) is 7.73. The molecule has 0 spiro atoms. The molecule has 3 fully saturated rings. The van der Waals surface area contributed by atoms with Crippen LogP contribution < -0.4 is 10.6 Å². The molecule has 0 aromatic rings. The second-order valence-electron chi connectivity index (χ2n) is 7.73. The summed E-state index contributed by atoms with van der Waals surface area (Å²) in [7, 11) is 0. The van der Waals surface area contributed by atoms with E-state index in [2.05, 4.69) is 36.3 Å². The van der Waals surface area contributed by atoms with Gasteiger partial charge in [-0.25, -0.2) is 0 Å². The molecule has 24 heavy (non-hydrogen) atoms. The van der Waals surface area contributed by atoms with E-state index in [1.807, 2.05) is 0 Å². The average molecular weight is 338 g/mol. The summed E-state index contributed by atoms with van der Waals surface area (Å²) in [4.78, 5) is 7.28. The summed E-state index contributed by atoms with van der Waals surface area (Å²) in [6, 6.07) is 0.409. The van der Waals surface area contributed by atoms with Crippen molar-refractivity contribution in [2.45, 2.75) is 64.4 Å². The molecular formula is C18H34N4O2. The van der Waals surface area contributed by atoms with Crippen LogP contribution in [0.15, 0.2) is 4.99 Å². The fourth-order valence-electron chi connectivity index (χ4n) is 4.05. The Balaban J connectivity index is 1.49. The molecule has 3 aliphatic heterocycles. The third-order valence-electron chi connectivity index (χ3n) is 5.07. The van der Waals surface area contributed by atoms with Crippen molar-refractivity contribution < 1.29 is 9.47 Å². The summed E-state index contributed by atoms with van der Waals surface area (Å²) in [5.74, 6) is 1.60. The first-order valence-corrected chi connectivity index (χ1v) is 9.68. The van der Waals surface area contributed by atoms with Crippen molar-refractivity contribution in [2.75, 3.05) is 39.3 Å². The normalized spacial score (nSPS) is 34.1. The molecule has 0 aromatic heterocycles. The van der Waals surface area contributed by atoms with Gasteiger partial charge in [0.1, 0.15) is 0 Å². The molecule has 4 unspecified atom stereocenters. The van der Waals surface area contributed by atoms with Crippen LogP contribution in [0.4, 0.5) is 0 Å². The van der Waals surface area contributed by atoms with Crippen LogP contribution in [0.3, 0.4) is 0 Å². The summed E-state index contributed by atoms with van der Waals surface area (Å²) in [6.07, 6.45) is 4.53. The second kappa shape index (κ2) is 8.50. The van der Waals surface area contributed by atoms with Crippen molar-refractivity contribution >= 4 is 5.96 Å². The first-order chi connectivity index (χ1) is 11.6. The molecule has 3 saturated heterocycles. The minimum absolute atomic E-state index is 0.198. The Bertz CT molecular complexity index is 429. The molecule has 6 heteroatoms. The molecule has 3 rings (SSSR count). The van der Waals surface area contributed by atoms with Crippen LogP contribution in [0.2, 0.25) is 0 Å². The van der Waals surface area contributed by atoms with Crippen molar-refractivity contribution in [2.24, 2.45) is 10.9 Å². The number of nitrogens with zero attached hydrogens (tertiary/aromatic N) is 2. The number of nitrogens with one attached hydrogen (secondary N) is 2. The van der Waals surface area contributed by atoms with Gasteiger partial charge < -0.3 is 20.1 Å². The standard InChI is InChI=1S/C18H34N4O2/c1-4-19-18(21-16-9-14-5-6-17(16)24-14)20-10-15-12-22(7-8-23-15)11-13(2)3/h13-17H,4-12H2,1-3H3,(H2,19,20,21). The van der Waals surface area contributed by atoms with Crippen molar-refractivity contribution in [1.29, 1.82) is 0 Å². The van der Waals surface area contributed by atoms with Crippen LogP contribution in [0.25, 0.3) is 0 Å². The minimum Gasteiger partial charge on any atom is -0.374 e. The van der Waals surface area contributed by atoms with Gasteiger partial charge in [0.05, 0.1) is 37.5 Å². The first-order valence-electron chi connectivity index (χ1n) is 9.68. The number of rotatable bonds is 6. The van der Waals surface area contributed by atoms with E-state index in [-0.39, 0.29) is 6.10 Å². The van der Waals surface area contributed by atoms with Crippen LogP contribution >= 0.6 is 0 Å². The van der Waals surface area contributed by atoms with Gasteiger partial charge in [0.25, 0.3) is 0 Å². The molecule has 0 aromatic carbocycles. The van der Waals surface area contributed by atoms with E-state index in [9.17, 15) is 0 Å². The lowest BCUT2D eigenvalue weighted by Gasteiger charge is -2.33. The van der Waals surface area contributed by atoms with Gasteiger partial charge in [-0.2, -0.15) is 0 Å². The van der Waals surface area contributed by atoms with Gasteiger partial charge in [-0.3, -0.25) is 9.89 Å². The Hall–Kier alpha value is -0.850. The zero-order chi connectivity index (χ0) is 16.9. The lowest BCUT2D eigenvalue weighted by Crippen LogP contribution is -2.48. The Kier molecular flexibility index (Phi) is 6.36. The number of guanidine groups is 1. The Morgan fingerprint density at radius 2 is 2.21 bits per heavy atom. The molecular weight excluding hydrogens is 304 g/mol. The number of hydrogen-bond donors (Lipinski definition) is 2. The van der Waals surface area contributed by atoms with Crippen LogP contribution in [-0.4, -0.2) is 74.5 Å². The third kappa shape index (κ3) is 4.83. The van der Waals surface area contributed by atoms with Crippen LogP contribution in [0, 0.1) is 5.92 Å². The number of aliphatic imine (C=N–C) groups is 1. The quantitative estimate of drug-likeness (QED) is 0.563. The molecule has 4 atom stereocenters. The maximum absolute atomic E-state index is 5.93. The van der Waals surface area contributed by atoms with Gasteiger partial charge in [-0.1, -0.05) is 13.8 Å². The average Bonchev–Trinajstić information content (AvgIpc) is 3.15. The minimum atomic E-state index is 0.198. The van der Waals surface area contributed by atoms with E-state index in [0.29, 0.717) is 30.7 Å². The van der Waals surface area contributed by atoms with E-state index in [1.54, 1.807) is 0 Å². The smallest absolute Gasteiger partial charge is 0.191 e. The van der Waals surface area contributed by atoms with Crippen LogP contribution in [0.1, 0.15) is 40.0 Å². The van der Waals surface area contributed by atoms with Crippen LogP contribution in [-0.2, 0) is 9.47 Å². The number of hydrogen-bond acceptors (Lipinski definition) is 4. The van der Waals surface area contributed by atoms with Gasteiger partial charge in [0.2, 0.25) is 0 Å². The molecule has 0 radical (unpaired) electrons. The van der Waals surface area contributed by atoms with Crippen molar-refractivity contribution in [3.8, 4) is 0 Å². The fourth-order valence-corrected chi connectivity index (χ4v) is 4.05. The maximum atomic E-state index is 5.93. The van der Waals surface area contributed by atoms with Gasteiger partial charge in [-0.15, -0.1) is 0 Å². The largest absolute Gasteiger partial charge is 0.374 e. The van der Waals surface area contributed by atoms with Gasteiger partial charge in [-0.05, 0) is 32.1 Å². The maximum Gasteiger partial charge on any atom is 0.191 e. The number of fused-ring (bicyclic) bond motifs is 2. The van der Waals surface area contributed by atoms with E-state index in [1.165, 1.54) is 12.8 Å². The Morgan fingerprint density at radius 1 is 1.33 bits per heavy atom. The van der Waals surface area contributed by atoms with Crippen molar-refractivity contribution in [3.63, 3.8) is 0 Å². The highest BCUT2D eigenvalue weighted by Crippen LogP contribution is 2.34. The van der Waals surface area contributed by atoms with Crippen molar-refractivity contribution in [1.82, 2.24) is 15.5 Å². The predicted molar refractivity (Wildman–Crippen MR) is 96.4 cm³/mol. The highest BCUT2D eigenvalue weighted by Gasteiger charge is 2.41. The molecule has 138 valence electrons. The topological polar surface area (TPSA) is 58.1 Å². The molecule has 3 heterocycles. The molecule has 0 saturated carbocycles. The third-order valence-corrected chi connectivity index (χ3v) is 5.07. The highest BCUT2D eigenvalue weighted by molar-refractivity contribution is 5.80. The molecule has 2 bridgehead atoms. The lowest BCUT2D eigenvalue weighted by atomic mass is 9.96. The fraction of sp³-hybridized carbons (Fsp3) is 0.944. The summed E-state index contributed by atoms with van der Waals surface area (Å²) < 4.78 is 11.8. The molecule has 6 nitrogen and oxygen atoms in total. The number of morpholine rings is 1. The van der Waals surface area contributed by atoms with Gasteiger partial charge >= 0.3 is 0 Å². The summed E-state index contributed by atoms with van der Waals surface area (Å²) in [5, 5.41) is 6.94. The van der Waals surface area contributed by atoms with E-state index >= 15 is 0 Å². The Labute approximate surface area is 146 Å². The molecule has 2 N–H and O–H groups in total. The van der Waals surface area contributed by atoms with E-state index in [0.717, 1.165) is 45.2 Å². The lowest BCUT2D eigenvalue weighted by molar-refractivity contribution is -0.0262. The van der Waals surface area contributed by atoms with Gasteiger partial charge in [0.15, 0.2) is 5.96 Å². The first kappa shape index (κ1) is 18.0. The summed E-state index contributed by atoms with van der Waals surface area (Å²) >= 11 is 0. The Morgan fingerprint density at radius 3 is 2.88 bits per heavy atom. The molecule has 0 aliphatic carbocycles. The zero-order valence-electron chi connectivity index (χ0n) is 15.5. The van der Waals surface area contributed by atoms with Crippen molar-refractivity contribution in [3.05, 3.63) is 0 Å². The molecule has 0 amide bonds. The highest BCUT2D eigenvalue weighted by atomic mass is 16.5. The van der Waals surface area contributed by atoms with E-state index < -0.39 is 0 Å². The summed E-state index contributed by atoms with van der Waals surface area (Å²) in [6.45, 7) is 12.2. The van der Waals surface area contributed by atoms with Gasteiger partial charge in [0, 0.05) is 26.2 Å². The predicted octanol–water partition coefficient (Wildman–Crippen LogP) is 1.22.